The average Bonchev–Trinajstić information content (AvgIpc) is 2.70. The van der Waals surface area contributed by atoms with Gasteiger partial charge < -0.3 is 15.2 Å². The molecular formula is C18H29NO2. The molecule has 0 amide bonds. The SMILES string of the molecule is CCCNC(C)c1ccccc1OC1CCCCCC1O. The molecule has 1 saturated carbocycles. The highest BCUT2D eigenvalue weighted by Gasteiger charge is 2.24. The van der Waals surface area contributed by atoms with Crippen LogP contribution in [0, 0.1) is 0 Å². The summed E-state index contributed by atoms with van der Waals surface area (Å²) in [6.07, 6.45) is 5.99. The number of aliphatic hydroxyl groups excluding tert-OH is 1. The molecule has 0 bridgehead atoms. The van der Waals surface area contributed by atoms with Gasteiger partial charge in [0, 0.05) is 11.6 Å². The number of benzene rings is 1. The average molecular weight is 291 g/mol. The van der Waals surface area contributed by atoms with Gasteiger partial charge in [-0.05, 0) is 45.2 Å². The molecule has 3 heteroatoms. The van der Waals surface area contributed by atoms with E-state index in [1.54, 1.807) is 0 Å². The zero-order valence-electron chi connectivity index (χ0n) is 13.3. The van der Waals surface area contributed by atoms with E-state index in [2.05, 4.69) is 31.3 Å². The molecule has 2 rings (SSSR count). The van der Waals surface area contributed by atoms with Gasteiger partial charge >= 0.3 is 0 Å². The Morgan fingerprint density at radius 1 is 1.24 bits per heavy atom. The summed E-state index contributed by atoms with van der Waals surface area (Å²) in [5.74, 6) is 0.916. The van der Waals surface area contributed by atoms with Crippen molar-refractivity contribution in [1.82, 2.24) is 5.32 Å². The van der Waals surface area contributed by atoms with Crippen molar-refractivity contribution in [1.29, 1.82) is 0 Å². The van der Waals surface area contributed by atoms with Crippen LogP contribution in [0.3, 0.4) is 0 Å². The summed E-state index contributed by atoms with van der Waals surface area (Å²) in [6.45, 7) is 5.34. The van der Waals surface area contributed by atoms with Crippen LogP contribution in [0.5, 0.6) is 5.75 Å². The second-order valence-electron chi connectivity index (χ2n) is 6.08. The molecule has 3 unspecified atom stereocenters. The molecule has 0 spiro atoms. The number of rotatable bonds is 6. The first-order chi connectivity index (χ1) is 10.2. The van der Waals surface area contributed by atoms with Gasteiger partial charge in [-0.1, -0.05) is 38.0 Å². The highest BCUT2D eigenvalue weighted by Crippen LogP contribution is 2.29. The molecule has 1 aliphatic rings. The van der Waals surface area contributed by atoms with E-state index in [0.717, 1.165) is 44.4 Å². The first kappa shape index (κ1) is 16.3. The Kier molecular flexibility index (Phi) is 6.52. The second kappa shape index (κ2) is 8.40. The van der Waals surface area contributed by atoms with Crippen LogP contribution in [0.1, 0.15) is 64.0 Å². The lowest BCUT2D eigenvalue weighted by Crippen LogP contribution is -2.31. The number of para-hydroxylation sites is 1. The number of hydrogen-bond acceptors (Lipinski definition) is 3. The van der Waals surface area contributed by atoms with Crippen molar-refractivity contribution in [3.8, 4) is 5.75 Å². The number of nitrogens with one attached hydrogen (secondary N) is 1. The van der Waals surface area contributed by atoms with Crippen LogP contribution in [0.2, 0.25) is 0 Å². The van der Waals surface area contributed by atoms with Crippen molar-refractivity contribution >= 4 is 0 Å². The molecule has 21 heavy (non-hydrogen) atoms. The van der Waals surface area contributed by atoms with Crippen LogP contribution in [-0.4, -0.2) is 23.9 Å². The number of hydrogen-bond donors (Lipinski definition) is 2. The van der Waals surface area contributed by atoms with Crippen molar-refractivity contribution in [3.63, 3.8) is 0 Å². The molecule has 0 saturated heterocycles. The Hall–Kier alpha value is -1.06. The summed E-state index contributed by atoms with van der Waals surface area (Å²) >= 11 is 0. The minimum absolute atomic E-state index is 0.0629. The zero-order valence-corrected chi connectivity index (χ0v) is 13.3. The third-order valence-electron chi connectivity index (χ3n) is 4.28. The van der Waals surface area contributed by atoms with Crippen LogP contribution in [0.4, 0.5) is 0 Å². The molecule has 1 fully saturated rings. The zero-order chi connectivity index (χ0) is 15.1. The number of ether oxygens (including phenoxy) is 1. The monoisotopic (exact) mass is 291 g/mol. The molecule has 0 radical (unpaired) electrons. The van der Waals surface area contributed by atoms with Crippen LogP contribution in [0.15, 0.2) is 24.3 Å². The summed E-state index contributed by atoms with van der Waals surface area (Å²) in [4.78, 5) is 0. The summed E-state index contributed by atoms with van der Waals surface area (Å²) in [6, 6.07) is 8.47. The van der Waals surface area contributed by atoms with E-state index in [-0.39, 0.29) is 18.2 Å². The van der Waals surface area contributed by atoms with Crippen molar-refractivity contribution < 1.29 is 9.84 Å². The summed E-state index contributed by atoms with van der Waals surface area (Å²) in [5, 5.41) is 13.7. The molecular weight excluding hydrogens is 262 g/mol. The Morgan fingerprint density at radius 2 is 2.00 bits per heavy atom. The molecule has 3 atom stereocenters. The maximum Gasteiger partial charge on any atom is 0.124 e. The van der Waals surface area contributed by atoms with Crippen molar-refractivity contribution in [2.75, 3.05) is 6.54 Å². The molecule has 0 aliphatic heterocycles. The Bertz CT molecular complexity index is 421. The maximum absolute atomic E-state index is 10.2. The third-order valence-corrected chi connectivity index (χ3v) is 4.28. The largest absolute Gasteiger partial charge is 0.487 e. The highest BCUT2D eigenvalue weighted by molar-refractivity contribution is 5.35. The minimum atomic E-state index is -0.334. The lowest BCUT2D eigenvalue weighted by molar-refractivity contribution is 0.0312. The van der Waals surface area contributed by atoms with Crippen molar-refractivity contribution in [3.05, 3.63) is 29.8 Å². The van der Waals surface area contributed by atoms with Gasteiger partial charge in [0.15, 0.2) is 0 Å². The Morgan fingerprint density at radius 3 is 2.81 bits per heavy atom. The third kappa shape index (κ3) is 4.72. The lowest BCUT2D eigenvalue weighted by Gasteiger charge is -2.25. The summed E-state index contributed by atoms with van der Waals surface area (Å²) in [7, 11) is 0. The molecule has 0 aromatic heterocycles. The molecule has 2 N–H and O–H groups in total. The van der Waals surface area contributed by atoms with E-state index < -0.39 is 0 Å². The standard InChI is InChI=1S/C18H29NO2/c1-3-13-19-14(2)15-9-7-8-11-17(15)21-18-12-6-4-5-10-16(18)20/h7-9,11,14,16,18-20H,3-6,10,12-13H2,1-2H3. The van der Waals surface area contributed by atoms with Gasteiger partial charge in [0.1, 0.15) is 11.9 Å². The second-order valence-corrected chi connectivity index (χ2v) is 6.08. The first-order valence-electron chi connectivity index (χ1n) is 8.39. The fourth-order valence-corrected chi connectivity index (χ4v) is 2.97. The molecule has 118 valence electrons. The van der Waals surface area contributed by atoms with Crippen LogP contribution in [-0.2, 0) is 0 Å². The molecule has 1 aromatic rings. The Balaban J connectivity index is 2.08. The maximum atomic E-state index is 10.2. The molecule has 0 heterocycles. The Labute approximate surface area is 128 Å². The van der Waals surface area contributed by atoms with Gasteiger partial charge in [0.2, 0.25) is 0 Å². The molecule has 1 aromatic carbocycles. The van der Waals surface area contributed by atoms with E-state index in [1.807, 2.05) is 12.1 Å². The predicted octanol–water partition coefficient (Wildman–Crippen LogP) is 3.82. The van der Waals surface area contributed by atoms with Gasteiger partial charge in [-0.3, -0.25) is 0 Å². The smallest absolute Gasteiger partial charge is 0.124 e. The van der Waals surface area contributed by atoms with Gasteiger partial charge in [-0.15, -0.1) is 0 Å². The number of aliphatic hydroxyl groups is 1. The van der Waals surface area contributed by atoms with E-state index in [4.69, 9.17) is 4.74 Å². The minimum Gasteiger partial charge on any atom is -0.487 e. The van der Waals surface area contributed by atoms with E-state index in [0.29, 0.717) is 0 Å². The molecule has 1 aliphatic carbocycles. The van der Waals surface area contributed by atoms with E-state index in [1.165, 1.54) is 12.0 Å². The predicted molar refractivity (Wildman–Crippen MR) is 86.7 cm³/mol. The first-order valence-corrected chi connectivity index (χ1v) is 8.39. The lowest BCUT2D eigenvalue weighted by atomic mass is 10.1. The summed E-state index contributed by atoms with van der Waals surface area (Å²) < 4.78 is 6.19. The highest BCUT2D eigenvalue weighted by atomic mass is 16.5. The van der Waals surface area contributed by atoms with Crippen LogP contribution < -0.4 is 10.1 Å². The van der Waals surface area contributed by atoms with Gasteiger partial charge in [-0.2, -0.15) is 0 Å². The van der Waals surface area contributed by atoms with Gasteiger partial charge in [-0.25, -0.2) is 0 Å². The van der Waals surface area contributed by atoms with Gasteiger partial charge in [0.25, 0.3) is 0 Å². The van der Waals surface area contributed by atoms with E-state index in [9.17, 15) is 5.11 Å². The van der Waals surface area contributed by atoms with Crippen molar-refractivity contribution in [2.45, 2.75) is 70.6 Å². The molecule has 3 nitrogen and oxygen atoms in total. The summed E-state index contributed by atoms with van der Waals surface area (Å²) in [5.41, 5.74) is 1.18. The van der Waals surface area contributed by atoms with Crippen molar-refractivity contribution in [2.24, 2.45) is 0 Å². The fourth-order valence-electron chi connectivity index (χ4n) is 2.97. The van der Waals surface area contributed by atoms with E-state index >= 15 is 0 Å². The normalized spacial score (nSPS) is 24.3. The fraction of sp³-hybridized carbons (Fsp3) is 0.667. The topological polar surface area (TPSA) is 41.5 Å². The van der Waals surface area contributed by atoms with Crippen LogP contribution >= 0.6 is 0 Å². The quantitative estimate of drug-likeness (QED) is 0.783. The van der Waals surface area contributed by atoms with Gasteiger partial charge in [0.05, 0.1) is 6.10 Å². The van der Waals surface area contributed by atoms with Crippen LogP contribution in [0.25, 0.3) is 0 Å².